The molecule has 3 aromatic heterocycles. The predicted octanol–water partition coefficient (Wildman–Crippen LogP) is 2.67. The average Bonchev–Trinajstić information content (AvgIpc) is 1.67. The van der Waals surface area contributed by atoms with Gasteiger partial charge in [0, 0.05) is 19.6 Å². The van der Waals surface area contributed by atoms with Crippen molar-refractivity contribution < 1.29 is 189 Å². The first-order chi connectivity index (χ1) is 49.9. The fourth-order valence-corrected chi connectivity index (χ4v) is 11.1. The maximum absolute atomic E-state index is 13.5. The number of nitrogens with zero attached hydrogens (tertiary/aromatic N) is 12. The number of unbranched alkanes of at least 4 members (excludes halogenated alkanes) is 3. The van der Waals surface area contributed by atoms with Crippen LogP contribution < -0.4 is 88.0 Å². The molecule has 3 aliphatic rings. The zero-order valence-electron chi connectivity index (χ0n) is 61.6. The fraction of sp³-hybridized carbons (Fsp3) is 0.531. The number of halogens is 4. The van der Waals surface area contributed by atoms with E-state index in [-0.39, 0.29) is 250 Å². The van der Waals surface area contributed by atoms with Crippen LogP contribution in [0.15, 0.2) is 131 Å². The van der Waals surface area contributed by atoms with E-state index in [0.717, 1.165) is 98.1 Å². The third-order valence-corrected chi connectivity index (χ3v) is 16.3. The van der Waals surface area contributed by atoms with Crippen molar-refractivity contribution >= 4 is 67.3 Å². The number of benzene rings is 2. The average molecular weight is 1750 g/mol. The van der Waals surface area contributed by atoms with Gasteiger partial charge in [-0.1, -0.05) is 207 Å². The number of hydrogen-bond acceptors (Lipinski definition) is 19. The van der Waals surface area contributed by atoms with Crippen LogP contribution in [0.25, 0.3) is 0 Å². The summed E-state index contributed by atoms with van der Waals surface area (Å²) >= 11 is 0. The first kappa shape index (κ1) is 143. The van der Waals surface area contributed by atoms with Gasteiger partial charge in [0.2, 0.25) is 37.0 Å². The molecule has 2 aromatic carbocycles. The van der Waals surface area contributed by atoms with Gasteiger partial charge in [0.05, 0.1) is 56.0 Å². The molecular weight excluding hydrogens is 1620 g/mol. The van der Waals surface area contributed by atoms with Crippen LogP contribution in [0, 0.1) is 42.1 Å². The van der Waals surface area contributed by atoms with Crippen LogP contribution in [0.5, 0.6) is 0 Å². The van der Waals surface area contributed by atoms with Gasteiger partial charge in [0.25, 0.3) is 24.2 Å². The summed E-state index contributed by atoms with van der Waals surface area (Å²) in [4.78, 5) is 157. The Kier molecular flexibility index (Phi) is 95.3. The minimum atomic E-state index is -0.801. The summed E-state index contributed by atoms with van der Waals surface area (Å²) in [6.45, 7) is 8.86. The monoisotopic (exact) mass is 1750 g/mol. The number of hydrogen-bond donors (Lipinski definition) is 6. The number of amides is 9. The summed E-state index contributed by atoms with van der Waals surface area (Å²) in [7, 11) is 0. The van der Waals surface area contributed by atoms with Crippen molar-refractivity contribution in [2.45, 2.75) is 230 Å². The molecule has 3 saturated heterocycles. The Morgan fingerprint density at radius 1 is 0.492 bits per heavy atom. The van der Waals surface area contributed by atoms with Gasteiger partial charge in [-0.25, -0.2) is 28.4 Å². The molecule has 0 radical (unpaired) electrons. The smallest absolute Gasteiger partial charge is 1.00 e. The van der Waals surface area contributed by atoms with Crippen molar-refractivity contribution in [3.05, 3.63) is 161 Å². The van der Waals surface area contributed by atoms with Crippen LogP contribution in [0.4, 0.5) is 13.2 Å². The second-order valence-electron chi connectivity index (χ2n) is 23.8. The quantitative estimate of drug-likeness (QED) is 0.0145. The number of aromatic nitrogens is 3. The molecule has 0 saturated carbocycles. The molecule has 6 atom stereocenters. The summed E-state index contributed by atoms with van der Waals surface area (Å²) in [5.41, 5.74) is 1.80. The van der Waals surface area contributed by atoms with E-state index < -0.39 is 71.1 Å². The van der Waals surface area contributed by atoms with Crippen LogP contribution >= 0.6 is 0 Å². The molecule has 5 aromatic rings. The molecule has 39 heteroatoms. The van der Waals surface area contributed by atoms with Gasteiger partial charge in [0.15, 0.2) is 16.5 Å². The van der Waals surface area contributed by atoms with E-state index in [1.807, 2.05) is 69.3 Å². The Morgan fingerprint density at radius 2 is 0.758 bits per heavy atom. The van der Waals surface area contributed by atoms with Crippen LogP contribution in [-0.4, -0.2) is 211 Å². The van der Waals surface area contributed by atoms with Crippen LogP contribution in [0.3, 0.4) is 0 Å². The molecule has 0 aliphatic carbocycles. The number of carboxylic acid groups (broad SMARTS) is 1. The van der Waals surface area contributed by atoms with Crippen molar-refractivity contribution in [2.24, 2.45) is 32.7 Å². The van der Waals surface area contributed by atoms with E-state index in [0.29, 0.717) is 108 Å². The topological polar surface area (TPSA) is 468 Å². The largest absolute Gasteiger partial charge is 1.00 e. The predicted molar refractivity (Wildman–Crippen MR) is 437 cm³/mol. The van der Waals surface area contributed by atoms with E-state index in [1.165, 1.54) is 26.3 Å². The van der Waals surface area contributed by atoms with Crippen molar-refractivity contribution in [3.63, 3.8) is 0 Å². The number of carbonyl (C=O) groups excluding carboxylic acids is 11. The van der Waals surface area contributed by atoms with Gasteiger partial charge in [-0.3, -0.25) is 63.2 Å². The molecule has 0 bridgehead atoms. The molecule has 9 amide bonds. The minimum absolute atomic E-state index is 0. The first-order valence-electron chi connectivity index (χ1n) is 33.6. The molecule has 6 heterocycles. The summed E-state index contributed by atoms with van der Waals surface area (Å²) < 4.78 is 40.6. The van der Waals surface area contributed by atoms with E-state index in [4.69, 9.17) is 24.3 Å². The van der Waals surface area contributed by atoms with Crippen LogP contribution in [0.1, 0.15) is 210 Å². The Labute approximate surface area is 758 Å². The molecule has 9 N–H and O–H groups in total. The Hall–Kier alpha value is -8.75. The number of pyridine rings is 3. The maximum atomic E-state index is 13.5. The van der Waals surface area contributed by atoms with E-state index in [9.17, 15) is 82.4 Å². The van der Waals surface area contributed by atoms with E-state index in [2.05, 4.69) is 34.0 Å². The molecule has 120 heavy (non-hydrogen) atoms. The molecule has 3 aliphatic heterocycles. The minimum Gasteiger partial charge on any atom is -1.00 e. The number of rotatable bonds is 27. The van der Waals surface area contributed by atoms with Crippen molar-refractivity contribution in [2.75, 3.05) is 39.3 Å². The zero-order chi connectivity index (χ0) is 77.1. The summed E-state index contributed by atoms with van der Waals surface area (Å²) in [5, 5.41) is 57.0. The normalized spacial score (nSPS) is 14.1. The second-order valence-corrected chi connectivity index (χ2v) is 23.8. The Morgan fingerprint density at radius 3 is 0.992 bits per heavy atom. The number of carbonyl (C=O) groups is 10. The molecule has 3 fully saturated rings. The second kappa shape index (κ2) is 80.0. The van der Waals surface area contributed by atoms with Crippen molar-refractivity contribution in [3.8, 4) is 0 Å². The number of likely N-dealkylation sites (tertiary alicyclic amines) is 3. The Bertz CT molecular complexity index is 3710. The number of aryl methyl sites for hydroxylation is 1. The zero-order valence-corrected chi connectivity index (χ0v) is 66.4. The van der Waals surface area contributed by atoms with Crippen LogP contribution in [-0.2, 0) is 69.0 Å². The van der Waals surface area contributed by atoms with Gasteiger partial charge in [-0.2, -0.15) is 38.8 Å². The van der Waals surface area contributed by atoms with Gasteiger partial charge < -0.3 is 58.8 Å². The van der Waals surface area contributed by atoms with Crippen LogP contribution in [0.2, 0.25) is 0 Å². The SMILES string of the molecule is C.C.C.C.C.C.C.C.C.C.C.CCCC[C@H](CN(C=O)OCc1ccccc1)C(=O)N1CCC[C@H]1C(=O)N=c1ccc(F)cn1O.CCCC[C@H](CN(O)C=O)C(=O)N1CCC[C@H]1C(=O)N=c1ccc(F)cn1O.CCCC[C@H](CN(O)C=O)C(=O)N1CCC[C@H]1C(=O)N=c1ccc(F)cn1O.Cc1ccccc1.O.O=C=O.O=CO.[Cl-].[Na+].[Na+].[OH-]. The molecule has 678 valence electrons. The molecule has 0 unspecified atom stereocenters. The van der Waals surface area contributed by atoms with Gasteiger partial charge in [-0.15, -0.1) is 0 Å². The summed E-state index contributed by atoms with van der Waals surface area (Å²) in [5.74, 6) is -6.56. The molecule has 0 spiro atoms. The summed E-state index contributed by atoms with van der Waals surface area (Å²) in [6.07, 6.45) is 13.0. The first-order valence-corrected chi connectivity index (χ1v) is 33.6. The maximum Gasteiger partial charge on any atom is 1.00 e. The fourth-order valence-electron chi connectivity index (χ4n) is 11.1. The third-order valence-electron chi connectivity index (χ3n) is 16.3. The van der Waals surface area contributed by atoms with Crippen molar-refractivity contribution in [1.29, 1.82) is 0 Å². The molecule has 8 rings (SSSR count). The Balaban J connectivity index is -0.000000103. The van der Waals surface area contributed by atoms with Crippen molar-refractivity contribution in [1.82, 2.24) is 44.1 Å². The third kappa shape index (κ3) is 50.5. The molecule has 33 nitrogen and oxygen atoms in total. The molecular formula is C81H138ClF3N12Na2O21. The van der Waals surface area contributed by atoms with E-state index >= 15 is 0 Å². The van der Waals surface area contributed by atoms with E-state index in [1.54, 1.807) is 0 Å². The van der Waals surface area contributed by atoms with Gasteiger partial charge in [-0.05, 0) is 107 Å². The standard InChI is InChI=1S/C25H31FN4O5.2C18H25FN4O5.C7H8.CH2O2.CO2.11CH4.ClH.2Na.2H2O/c1-2-3-10-20(15-28(18-31)35-17-19-8-5-4-6-9-19)25(33)29-14-7-11-22(29)24(32)27-23-13-12-21(26)16-30(23)34;2*1-2-3-5-13(10-21(27)12-24)18(26)22-9-4-6-15(22)17(25)20-16-8-7-14(19)11-23(16)28;1-7-5-3-2-4-6-7;2*2-1-3;;;;;;;;;;;;;;;;/h4-6,8-9,12-13,16,18,20,22,34H,2-3,7,10-11,14-15,17H2,1H3;2*7-8,11-13,15,27-28H,2-6,9-10H2,1H3;2-6H,1H3;1H,(H,2,3);;11*1H4;1H;;;2*1H2/q;;;;;;;;;;;;;;;;;;2*+1;;/p-2/t20-,22+;2*13-,15+;;;;;;;;;;;;;;;;;;;/m111.................../s1. The van der Waals surface area contributed by atoms with Gasteiger partial charge >= 0.3 is 65.3 Å². The van der Waals surface area contributed by atoms with Gasteiger partial charge in [0.1, 0.15) is 42.2 Å². The summed E-state index contributed by atoms with van der Waals surface area (Å²) in [6, 6.07) is 24.0. The number of hydroxylamine groups is 6.